The van der Waals surface area contributed by atoms with Crippen molar-refractivity contribution in [2.24, 2.45) is 0 Å². The van der Waals surface area contributed by atoms with Gasteiger partial charge in [0.25, 0.3) is 0 Å². The molecule has 0 saturated heterocycles. The molecule has 64 valence electrons. The lowest BCUT2D eigenvalue weighted by Crippen LogP contribution is -1.88. The van der Waals surface area contributed by atoms with Crippen LogP contribution >= 0.6 is 0 Å². The first kappa shape index (κ1) is 10.4. The van der Waals surface area contributed by atoms with Crippen LogP contribution in [0.2, 0.25) is 0 Å². The predicted molar refractivity (Wildman–Crippen MR) is 51.3 cm³/mol. The van der Waals surface area contributed by atoms with Crippen LogP contribution in [0.15, 0.2) is 12.2 Å². The van der Waals surface area contributed by atoms with E-state index in [1.54, 1.807) is 0 Å². The first-order chi connectivity index (χ1) is 5.13. The molecule has 0 heterocycles. The number of allylic oxidation sites excluding steroid dienone is 1. The zero-order valence-electron chi connectivity index (χ0n) is 7.74. The standard InChI is InChI=1S/C10H19N/c1-9(2)7-5-4-6-8-10(3)11/h11H,1,4-8H2,2-3H3. The van der Waals surface area contributed by atoms with E-state index < -0.39 is 0 Å². The molecule has 0 aromatic rings. The predicted octanol–water partition coefficient (Wildman–Crippen LogP) is 3.55. The van der Waals surface area contributed by atoms with E-state index in [1.807, 2.05) is 6.92 Å². The van der Waals surface area contributed by atoms with Crippen molar-refractivity contribution in [3.63, 3.8) is 0 Å². The molecule has 0 bridgehead atoms. The van der Waals surface area contributed by atoms with Gasteiger partial charge in [0.05, 0.1) is 0 Å². The molecule has 0 atom stereocenters. The second-order valence-electron chi connectivity index (χ2n) is 3.30. The lowest BCUT2D eigenvalue weighted by atomic mass is 10.1. The molecule has 0 amide bonds. The summed E-state index contributed by atoms with van der Waals surface area (Å²) in [7, 11) is 0. The van der Waals surface area contributed by atoms with Gasteiger partial charge < -0.3 is 5.41 Å². The van der Waals surface area contributed by atoms with Gasteiger partial charge >= 0.3 is 0 Å². The van der Waals surface area contributed by atoms with E-state index in [0.29, 0.717) is 0 Å². The molecule has 0 saturated carbocycles. The Morgan fingerprint density at radius 2 is 1.64 bits per heavy atom. The Balaban J connectivity index is 3.03. The third-order valence-electron chi connectivity index (χ3n) is 1.66. The van der Waals surface area contributed by atoms with Crippen molar-refractivity contribution in [2.45, 2.75) is 46.0 Å². The summed E-state index contributed by atoms with van der Waals surface area (Å²) in [6.45, 7) is 7.79. The molecule has 0 spiro atoms. The van der Waals surface area contributed by atoms with E-state index in [-0.39, 0.29) is 0 Å². The summed E-state index contributed by atoms with van der Waals surface area (Å²) in [5.74, 6) is 0. The highest BCUT2D eigenvalue weighted by atomic mass is 14.4. The van der Waals surface area contributed by atoms with Crippen LogP contribution in [0.1, 0.15) is 46.0 Å². The van der Waals surface area contributed by atoms with Crippen molar-refractivity contribution >= 4 is 5.71 Å². The topological polar surface area (TPSA) is 23.9 Å². The lowest BCUT2D eigenvalue weighted by Gasteiger charge is -1.99. The second kappa shape index (κ2) is 6.14. The smallest absolute Gasteiger partial charge is 0.00582 e. The summed E-state index contributed by atoms with van der Waals surface area (Å²) in [6, 6.07) is 0. The van der Waals surface area contributed by atoms with Crippen LogP contribution in [0.5, 0.6) is 0 Å². The van der Waals surface area contributed by atoms with Crippen molar-refractivity contribution in [3.05, 3.63) is 12.2 Å². The first-order valence-electron chi connectivity index (χ1n) is 4.31. The summed E-state index contributed by atoms with van der Waals surface area (Å²) in [6.07, 6.45) is 5.77. The van der Waals surface area contributed by atoms with Crippen LogP contribution in [0, 0.1) is 5.41 Å². The van der Waals surface area contributed by atoms with Crippen LogP contribution in [-0.2, 0) is 0 Å². The molecule has 0 unspecified atom stereocenters. The van der Waals surface area contributed by atoms with E-state index in [0.717, 1.165) is 18.6 Å². The Bertz CT molecular complexity index is 120. The molecule has 0 fully saturated rings. The fraction of sp³-hybridized carbons (Fsp3) is 0.700. The maximum absolute atomic E-state index is 7.20. The summed E-state index contributed by atoms with van der Waals surface area (Å²) in [5, 5.41) is 7.20. The van der Waals surface area contributed by atoms with Crippen LogP contribution in [0.25, 0.3) is 0 Å². The Morgan fingerprint density at radius 3 is 2.09 bits per heavy atom. The summed E-state index contributed by atoms with van der Waals surface area (Å²) in [4.78, 5) is 0. The molecule has 0 aliphatic carbocycles. The third-order valence-corrected chi connectivity index (χ3v) is 1.66. The van der Waals surface area contributed by atoms with Gasteiger partial charge in [-0.05, 0) is 39.5 Å². The number of rotatable bonds is 6. The highest BCUT2D eigenvalue weighted by molar-refractivity contribution is 5.78. The van der Waals surface area contributed by atoms with Gasteiger partial charge in [-0.1, -0.05) is 12.0 Å². The Hall–Kier alpha value is -0.590. The second-order valence-corrected chi connectivity index (χ2v) is 3.30. The Labute approximate surface area is 70.0 Å². The molecule has 0 aliphatic rings. The fourth-order valence-corrected chi connectivity index (χ4v) is 0.994. The van der Waals surface area contributed by atoms with Crippen molar-refractivity contribution in [1.29, 1.82) is 5.41 Å². The monoisotopic (exact) mass is 153 g/mol. The minimum absolute atomic E-state index is 0.806. The molecule has 0 aromatic heterocycles. The van der Waals surface area contributed by atoms with Crippen molar-refractivity contribution in [2.75, 3.05) is 0 Å². The van der Waals surface area contributed by atoms with E-state index in [2.05, 4.69) is 13.5 Å². The quantitative estimate of drug-likeness (QED) is 0.343. The normalized spacial score (nSPS) is 9.64. The van der Waals surface area contributed by atoms with E-state index in [4.69, 9.17) is 5.41 Å². The number of hydrogen-bond acceptors (Lipinski definition) is 1. The Kier molecular flexibility index (Phi) is 5.81. The average Bonchev–Trinajstić information content (AvgIpc) is 1.85. The molecule has 11 heavy (non-hydrogen) atoms. The van der Waals surface area contributed by atoms with Crippen LogP contribution in [0.4, 0.5) is 0 Å². The summed E-state index contributed by atoms with van der Waals surface area (Å²) < 4.78 is 0. The minimum atomic E-state index is 0.806. The molecule has 0 rings (SSSR count). The fourth-order valence-electron chi connectivity index (χ4n) is 0.994. The molecule has 0 aliphatic heterocycles. The Morgan fingerprint density at radius 1 is 1.09 bits per heavy atom. The average molecular weight is 153 g/mol. The maximum Gasteiger partial charge on any atom is 0.00582 e. The number of hydrogen-bond donors (Lipinski definition) is 1. The van der Waals surface area contributed by atoms with Gasteiger partial charge in [0, 0.05) is 5.71 Å². The van der Waals surface area contributed by atoms with Crippen molar-refractivity contribution in [1.82, 2.24) is 0 Å². The molecule has 1 N–H and O–H groups in total. The van der Waals surface area contributed by atoms with E-state index >= 15 is 0 Å². The number of unbranched alkanes of at least 4 members (excludes halogenated alkanes) is 2. The largest absolute Gasteiger partial charge is 0.310 e. The van der Waals surface area contributed by atoms with Gasteiger partial charge in [-0.3, -0.25) is 0 Å². The summed E-state index contributed by atoms with van der Waals surface area (Å²) >= 11 is 0. The van der Waals surface area contributed by atoms with Gasteiger partial charge in [-0.15, -0.1) is 6.58 Å². The molecule has 0 aromatic carbocycles. The molecule has 1 nitrogen and oxygen atoms in total. The molecular formula is C10H19N. The van der Waals surface area contributed by atoms with Gasteiger partial charge in [0.1, 0.15) is 0 Å². The van der Waals surface area contributed by atoms with Crippen molar-refractivity contribution < 1.29 is 0 Å². The van der Waals surface area contributed by atoms with E-state index in [9.17, 15) is 0 Å². The van der Waals surface area contributed by atoms with Crippen LogP contribution < -0.4 is 0 Å². The van der Waals surface area contributed by atoms with Gasteiger partial charge in [0.2, 0.25) is 0 Å². The molecule has 1 heteroatoms. The minimum Gasteiger partial charge on any atom is -0.310 e. The highest BCUT2D eigenvalue weighted by Crippen LogP contribution is 2.07. The van der Waals surface area contributed by atoms with Crippen molar-refractivity contribution in [3.8, 4) is 0 Å². The molecule has 0 radical (unpaired) electrons. The highest BCUT2D eigenvalue weighted by Gasteiger charge is 1.91. The maximum atomic E-state index is 7.20. The lowest BCUT2D eigenvalue weighted by molar-refractivity contribution is 0.692. The van der Waals surface area contributed by atoms with Gasteiger partial charge in [-0.2, -0.15) is 0 Å². The first-order valence-corrected chi connectivity index (χ1v) is 4.31. The third kappa shape index (κ3) is 9.41. The van der Waals surface area contributed by atoms with Crippen LogP contribution in [-0.4, -0.2) is 5.71 Å². The molecular weight excluding hydrogens is 134 g/mol. The zero-order valence-corrected chi connectivity index (χ0v) is 7.74. The van der Waals surface area contributed by atoms with E-state index in [1.165, 1.54) is 24.8 Å². The zero-order chi connectivity index (χ0) is 8.69. The SMILES string of the molecule is C=C(C)CCCCCC(C)=N. The van der Waals surface area contributed by atoms with Gasteiger partial charge in [0.15, 0.2) is 0 Å². The number of nitrogens with one attached hydrogen (secondary N) is 1. The van der Waals surface area contributed by atoms with Gasteiger partial charge in [-0.25, -0.2) is 0 Å². The van der Waals surface area contributed by atoms with Crippen LogP contribution in [0.3, 0.4) is 0 Å². The summed E-state index contributed by atoms with van der Waals surface area (Å²) in [5.41, 5.74) is 2.08.